The first kappa shape index (κ1) is 14.9. The fourth-order valence-corrected chi connectivity index (χ4v) is 2.38. The second-order valence-electron chi connectivity index (χ2n) is 4.54. The molecule has 106 valence electrons. The van der Waals surface area contributed by atoms with Crippen LogP contribution in [-0.2, 0) is 6.61 Å². The van der Waals surface area contributed by atoms with Crippen LogP contribution in [0.5, 0.6) is 5.75 Å². The summed E-state index contributed by atoms with van der Waals surface area (Å²) in [6, 6.07) is 8.42. The van der Waals surface area contributed by atoms with Crippen LogP contribution in [0.2, 0.25) is 0 Å². The minimum absolute atomic E-state index is 0.138. The van der Waals surface area contributed by atoms with Gasteiger partial charge >= 0.3 is 0 Å². The highest BCUT2D eigenvalue weighted by Gasteiger charge is 2.10. The van der Waals surface area contributed by atoms with Crippen molar-refractivity contribution in [2.24, 2.45) is 5.73 Å². The van der Waals surface area contributed by atoms with Gasteiger partial charge in [-0.2, -0.15) is 0 Å². The summed E-state index contributed by atoms with van der Waals surface area (Å²) in [6.07, 6.45) is 0. The molecule has 0 aliphatic heterocycles. The SMILES string of the molecule is C[C@H](N)c1ccc(F)cc1OCc1cc(F)cc(Br)c1. The van der Waals surface area contributed by atoms with Gasteiger partial charge in [-0.25, -0.2) is 8.78 Å². The Morgan fingerprint density at radius 1 is 1.15 bits per heavy atom. The fourth-order valence-electron chi connectivity index (χ4n) is 1.86. The van der Waals surface area contributed by atoms with Gasteiger partial charge in [-0.3, -0.25) is 0 Å². The first-order chi connectivity index (χ1) is 9.45. The molecule has 2 N–H and O–H groups in total. The monoisotopic (exact) mass is 341 g/mol. The van der Waals surface area contributed by atoms with Crippen molar-refractivity contribution < 1.29 is 13.5 Å². The molecule has 0 heterocycles. The molecule has 2 rings (SSSR count). The molecule has 2 aromatic carbocycles. The lowest BCUT2D eigenvalue weighted by Crippen LogP contribution is -2.08. The number of benzene rings is 2. The zero-order valence-electron chi connectivity index (χ0n) is 10.9. The quantitative estimate of drug-likeness (QED) is 0.898. The van der Waals surface area contributed by atoms with E-state index in [-0.39, 0.29) is 18.5 Å². The number of nitrogens with two attached hydrogens (primary N) is 1. The third-order valence-corrected chi connectivity index (χ3v) is 3.24. The lowest BCUT2D eigenvalue weighted by atomic mass is 10.1. The first-order valence-corrected chi connectivity index (χ1v) is 6.88. The third kappa shape index (κ3) is 3.77. The molecule has 0 bridgehead atoms. The molecule has 0 saturated heterocycles. The van der Waals surface area contributed by atoms with Crippen LogP contribution in [0.15, 0.2) is 40.9 Å². The molecule has 0 unspecified atom stereocenters. The van der Waals surface area contributed by atoms with E-state index in [1.54, 1.807) is 19.1 Å². The van der Waals surface area contributed by atoms with Gasteiger partial charge in [0.05, 0.1) is 0 Å². The zero-order valence-corrected chi connectivity index (χ0v) is 12.5. The predicted octanol–water partition coefficient (Wildman–Crippen LogP) is 4.33. The summed E-state index contributed by atoms with van der Waals surface area (Å²) in [4.78, 5) is 0. The van der Waals surface area contributed by atoms with Crippen molar-refractivity contribution in [3.8, 4) is 5.75 Å². The van der Waals surface area contributed by atoms with Crippen molar-refractivity contribution in [2.75, 3.05) is 0 Å². The highest BCUT2D eigenvalue weighted by molar-refractivity contribution is 9.10. The Kier molecular flexibility index (Phi) is 4.73. The Morgan fingerprint density at radius 3 is 2.55 bits per heavy atom. The van der Waals surface area contributed by atoms with E-state index in [1.807, 2.05) is 0 Å². The van der Waals surface area contributed by atoms with E-state index in [4.69, 9.17) is 10.5 Å². The Morgan fingerprint density at radius 2 is 1.90 bits per heavy atom. The Bertz CT molecular complexity index is 597. The van der Waals surface area contributed by atoms with Crippen LogP contribution in [0.4, 0.5) is 8.78 Å². The van der Waals surface area contributed by atoms with Crippen LogP contribution in [0.3, 0.4) is 0 Å². The first-order valence-electron chi connectivity index (χ1n) is 6.08. The maximum atomic E-state index is 13.3. The predicted molar refractivity (Wildman–Crippen MR) is 77.4 cm³/mol. The topological polar surface area (TPSA) is 35.2 Å². The summed E-state index contributed by atoms with van der Waals surface area (Å²) in [5.41, 5.74) is 7.17. The van der Waals surface area contributed by atoms with Crippen molar-refractivity contribution in [1.82, 2.24) is 0 Å². The molecule has 20 heavy (non-hydrogen) atoms. The summed E-state index contributed by atoms with van der Waals surface area (Å²) in [7, 11) is 0. The average Bonchev–Trinajstić information content (AvgIpc) is 2.35. The summed E-state index contributed by atoms with van der Waals surface area (Å²) in [6.45, 7) is 1.93. The molecule has 0 radical (unpaired) electrons. The Hall–Kier alpha value is -1.46. The molecule has 0 aliphatic rings. The number of ether oxygens (including phenoxy) is 1. The third-order valence-electron chi connectivity index (χ3n) is 2.78. The van der Waals surface area contributed by atoms with Gasteiger partial charge in [0.25, 0.3) is 0 Å². The largest absolute Gasteiger partial charge is 0.488 e. The molecule has 1 atom stereocenters. The minimum Gasteiger partial charge on any atom is -0.488 e. The normalized spacial score (nSPS) is 12.2. The van der Waals surface area contributed by atoms with Crippen LogP contribution in [0.1, 0.15) is 24.1 Å². The average molecular weight is 342 g/mol. The molecule has 0 fully saturated rings. The number of rotatable bonds is 4. The summed E-state index contributed by atoms with van der Waals surface area (Å²) >= 11 is 3.21. The van der Waals surface area contributed by atoms with E-state index in [1.165, 1.54) is 24.3 Å². The molecular formula is C15H14BrF2NO. The van der Waals surface area contributed by atoms with E-state index >= 15 is 0 Å². The molecule has 0 amide bonds. The fraction of sp³-hybridized carbons (Fsp3) is 0.200. The highest BCUT2D eigenvalue weighted by Crippen LogP contribution is 2.26. The van der Waals surface area contributed by atoms with Gasteiger partial charge in [0.2, 0.25) is 0 Å². The molecule has 0 aromatic heterocycles. The minimum atomic E-state index is -0.398. The smallest absolute Gasteiger partial charge is 0.127 e. The zero-order chi connectivity index (χ0) is 14.7. The molecular weight excluding hydrogens is 328 g/mol. The lowest BCUT2D eigenvalue weighted by molar-refractivity contribution is 0.299. The van der Waals surface area contributed by atoms with Gasteiger partial charge in [-0.05, 0) is 36.8 Å². The van der Waals surface area contributed by atoms with E-state index in [0.29, 0.717) is 21.3 Å². The lowest BCUT2D eigenvalue weighted by Gasteiger charge is -2.14. The van der Waals surface area contributed by atoms with Crippen molar-refractivity contribution in [3.63, 3.8) is 0 Å². The second-order valence-corrected chi connectivity index (χ2v) is 5.45. The van der Waals surface area contributed by atoms with Crippen LogP contribution in [0, 0.1) is 11.6 Å². The number of hydrogen-bond acceptors (Lipinski definition) is 2. The van der Waals surface area contributed by atoms with Crippen LogP contribution in [0.25, 0.3) is 0 Å². The maximum absolute atomic E-state index is 13.3. The second kappa shape index (κ2) is 6.33. The summed E-state index contributed by atoms with van der Waals surface area (Å²) in [5.74, 6) is -0.380. The standard InChI is InChI=1S/C15H14BrF2NO/c1-9(19)14-3-2-12(17)7-15(14)20-8-10-4-11(16)6-13(18)5-10/h2-7,9H,8,19H2,1H3/t9-/m0/s1. The van der Waals surface area contributed by atoms with Gasteiger partial charge in [-0.1, -0.05) is 22.0 Å². The van der Waals surface area contributed by atoms with Crippen molar-refractivity contribution in [2.45, 2.75) is 19.6 Å². The molecule has 5 heteroatoms. The van der Waals surface area contributed by atoms with Gasteiger partial charge in [0.1, 0.15) is 24.0 Å². The maximum Gasteiger partial charge on any atom is 0.127 e. The van der Waals surface area contributed by atoms with Gasteiger partial charge in [0, 0.05) is 22.1 Å². The summed E-state index contributed by atoms with van der Waals surface area (Å²) < 4.78 is 32.7. The molecule has 2 aromatic rings. The molecule has 0 saturated carbocycles. The van der Waals surface area contributed by atoms with Crippen molar-refractivity contribution in [3.05, 3.63) is 63.6 Å². The van der Waals surface area contributed by atoms with Crippen molar-refractivity contribution >= 4 is 15.9 Å². The van der Waals surface area contributed by atoms with E-state index in [9.17, 15) is 8.78 Å². The Balaban J connectivity index is 2.20. The van der Waals surface area contributed by atoms with Crippen LogP contribution < -0.4 is 10.5 Å². The highest BCUT2D eigenvalue weighted by atomic mass is 79.9. The van der Waals surface area contributed by atoms with E-state index in [2.05, 4.69) is 15.9 Å². The van der Waals surface area contributed by atoms with E-state index in [0.717, 1.165) is 0 Å². The van der Waals surface area contributed by atoms with E-state index < -0.39 is 5.82 Å². The van der Waals surface area contributed by atoms with Crippen LogP contribution >= 0.6 is 15.9 Å². The molecule has 0 aliphatic carbocycles. The van der Waals surface area contributed by atoms with Gasteiger partial charge < -0.3 is 10.5 Å². The van der Waals surface area contributed by atoms with Crippen LogP contribution in [-0.4, -0.2) is 0 Å². The number of halogens is 3. The van der Waals surface area contributed by atoms with Crippen molar-refractivity contribution in [1.29, 1.82) is 0 Å². The van der Waals surface area contributed by atoms with Gasteiger partial charge in [-0.15, -0.1) is 0 Å². The van der Waals surface area contributed by atoms with Gasteiger partial charge in [0.15, 0.2) is 0 Å². The number of hydrogen-bond donors (Lipinski definition) is 1. The molecule has 2 nitrogen and oxygen atoms in total. The molecule has 0 spiro atoms. The summed E-state index contributed by atoms with van der Waals surface area (Å²) in [5, 5.41) is 0. The Labute approximate surface area is 124 Å².